The number of thiophene rings is 1. The Bertz CT molecular complexity index is 1260. The van der Waals surface area contributed by atoms with Gasteiger partial charge in [0.2, 0.25) is 0 Å². The first kappa shape index (κ1) is 20.5. The van der Waals surface area contributed by atoms with Gasteiger partial charge in [0.15, 0.2) is 15.0 Å². The van der Waals surface area contributed by atoms with Crippen LogP contribution in [0.2, 0.25) is 0 Å². The van der Waals surface area contributed by atoms with Crippen LogP contribution in [-0.2, 0) is 9.84 Å². The monoisotopic (exact) mass is 457 g/mol. The lowest BCUT2D eigenvalue weighted by Gasteiger charge is -2.14. The molecule has 1 atom stereocenters. The van der Waals surface area contributed by atoms with Crippen LogP contribution in [0.1, 0.15) is 28.2 Å². The Morgan fingerprint density at radius 2 is 1.73 bits per heavy atom. The number of benzene rings is 2. The highest BCUT2D eigenvalue weighted by atomic mass is 32.2. The van der Waals surface area contributed by atoms with Crippen LogP contribution in [0.5, 0.6) is 0 Å². The molecule has 154 valence electrons. The summed E-state index contributed by atoms with van der Waals surface area (Å²) in [6.07, 6.45) is 1.17. The summed E-state index contributed by atoms with van der Waals surface area (Å²) in [4.78, 5) is 18.9. The van der Waals surface area contributed by atoms with E-state index in [2.05, 4.69) is 15.6 Å². The average Bonchev–Trinajstić information content (AvgIpc) is 3.27. The average molecular weight is 458 g/mol. The zero-order valence-electron chi connectivity index (χ0n) is 16.2. The van der Waals surface area contributed by atoms with Crippen molar-refractivity contribution < 1.29 is 13.2 Å². The zero-order valence-corrected chi connectivity index (χ0v) is 18.7. The molecule has 2 heterocycles. The molecule has 2 aromatic heterocycles. The van der Waals surface area contributed by atoms with E-state index in [0.717, 1.165) is 25.9 Å². The third-order valence-corrected chi connectivity index (χ3v) is 7.70. The second-order valence-electron chi connectivity index (χ2n) is 6.83. The molecule has 6 nitrogen and oxygen atoms in total. The van der Waals surface area contributed by atoms with Crippen molar-refractivity contribution in [2.75, 3.05) is 11.6 Å². The van der Waals surface area contributed by atoms with Gasteiger partial charge in [-0.05, 0) is 42.8 Å². The van der Waals surface area contributed by atoms with Crippen LogP contribution in [-0.4, -0.2) is 25.6 Å². The Morgan fingerprint density at radius 1 is 1.03 bits per heavy atom. The molecule has 0 saturated carbocycles. The summed E-state index contributed by atoms with van der Waals surface area (Å²) < 4.78 is 24.1. The van der Waals surface area contributed by atoms with E-state index < -0.39 is 9.84 Å². The van der Waals surface area contributed by atoms with Gasteiger partial charge in [-0.1, -0.05) is 41.7 Å². The zero-order chi connectivity index (χ0) is 21.3. The fraction of sp³-hybridized carbons (Fsp3) is 0.143. The first-order chi connectivity index (χ1) is 14.3. The molecule has 4 rings (SSSR count). The van der Waals surface area contributed by atoms with Crippen LogP contribution in [0, 0.1) is 0 Å². The van der Waals surface area contributed by atoms with Crippen LogP contribution in [0.15, 0.2) is 65.6 Å². The number of carbonyl (C=O) groups is 1. The number of fused-ring (bicyclic) bond motifs is 1. The quantitative estimate of drug-likeness (QED) is 0.426. The van der Waals surface area contributed by atoms with Gasteiger partial charge >= 0.3 is 0 Å². The van der Waals surface area contributed by atoms with Gasteiger partial charge < -0.3 is 10.6 Å². The van der Waals surface area contributed by atoms with Crippen LogP contribution < -0.4 is 10.6 Å². The van der Waals surface area contributed by atoms with Crippen molar-refractivity contribution in [2.24, 2.45) is 0 Å². The Morgan fingerprint density at radius 3 is 2.37 bits per heavy atom. The molecule has 9 heteroatoms. The Kier molecular flexibility index (Phi) is 5.59. The molecule has 1 amide bonds. The fourth-order valence-corrected chi connectivity index (χ4v) is 5.57. The summed E-state index contributed by atoms with van der Waals surface area (Å²) >= 11 is 2.85. The second kappa shape index (κ2) is 8.17. The SMILES string of the molecule is C[C@H](NC(=O)c1cc2sc(Nc3ccccc3)nc2s1)c1ccc(S(C)(=O)=O)cc1. The van der Waals surface area contributed by atoms with E-state index >= 15 is 0 Å². The maximum Gasteiger partial charge on any atom is 0.261 e. The maximum absolute atomic E-state index is 12.7. The van der Waals surface area contributed by atoms with Crippen molar-refractivity contribution >= 4 is 58.8 Å². The number of thiazole rings is 1. The number of amides is 1. The molecule has 0 unspecified atom stereocenters. The molecular formula is C21H19N3O3S3. The lowest BCUT2D eigenvalue weighted by molar-refractivity contribution is 0.0944. The molecule has 0 fully saturated rings. The number of sulfone groups is 1. The molecule has 30 heavy (non-hydrogen) atoms. The molecule has 0 radical (unpaired) electrons. The third-order valence-electron chi connectivity index (χ3n) is 4.49. The van der Waals surface area contributed by atoms with Crippen molar-refractivity contribution in [2.45, 2.75) is 17.9 Å². The fourth-order valence-electron chi connectivity index (χ4n) is 2.90. The van der Waals surface area contributed by atoms with Gasteiger partial charge in [-0.3, -0.25) is 4.79 Å². The van der Waals surface area contributed by atoms with Gasteiger partial charge in [0.25, 0.3) is 5.91 Å². The van der Waals surface area contributed by atoms with Crippen molar-refractivity contribution in [3.63, 3.8) is 0 Å². The van der Waals surface area contributed by atoms with Gasteiger partial charge in [0.1, 0.15) is 4.83 Å². The van der Waals surface area contributed by atoms with Gasteiger partial charge in [0, 0.05) is 11.9 Å². The molecule has 2 aromatic carbocycles. The highest BCUT2D eigenvalue weighted by Crippen LogP contribution is 2.34. The Balaban J connectivity index is 1.44. The van der Waals surface area contributed by atoms with E-state index in [1.165, 1.54) is 28.9 Å². The van der Waals surface area contributed by atoms with Crippen LogP contribution in [0.25, 0.3) is 9.53 Å². The summed E-state index contributed by atoms with van der Waals surface area (Å²) in [5, 5.41) is 7.01. The minimum atomic E-state index is -3.24. The third kappa shape index (κ3) is 4.53. The summed E-state index contributed by atoms with van der Waals surface area (Å²) in [6.45, 7) is 1.86. The number of rotatable bonds is 6. The van der Waals surface area contributed by atoms with Crippen LogP contribution in [0.4, 0.5) is 10.8 Å². The first-order valence-electron chi connectivity index (χ1n) is 9.13. The second-order valence-corrected chi connectivity index (χ2v) is 10.9. The highest BCUT2D eigenvalue weighted by molar-refractivity contribution is 7.90. The normalized spacial score (nSPS) is 12.6. The molecule has 2 N–H and O–H groups in total. The predicted molar refractivity (Wildman–Crippen MR) is 123 cm³/mol. The first-order valence-corrected chi connectivity index (χ1v) is 12.7. The molecule has 0 bridgehead atoms. The smallest absolute Gasteiger partial charge is 0.261 e. The summed E-state index contributed by atoms with van der Waals surface area (Å²) in [6, 6.07) is 18.0. The maximum atomic E-state index is 12.7. The molecule has 0 saturated heterocycles. The summed E-state index contributed by atoms with van der Waals surface area (Å²) in [7, 11) is -3.24. The van der Waals surface area contributed by atoms with E-state index in [9.17, 15) is 13.2 Å². The molecule has 0 aliphatic carbocycles. The van der Waals surface area contributed by atoms with E-state index in [4.69, 9.17) is 0 Å². The highest BCUT2D eigenvalue weighted by Gasteiger charge is 2.17. The van der Waals surface area contributed by atoms with Gasteiger partial charge in [-0.15, -0.1) is 11.3 Å². The molecule has 0 aliphatic rings. The summed E-state index contributed by atoms with van der Waals surface area (Å²) in [5.74, 6) is -0.178. The van der Waals surface area contributed by atoms with Crippen molar-refractivity contribution in [1.29, 1.82) is 0 Å². The lowest BCUT2D eigenvalue weighted by Crippen LogP contribution is -2.25. The van der Waals surface area contributed by atoms with E-state index in [0.29, 0.717) is 4.88 Å². The van der Waals surface area contributed by atoms with Crippen molar-refractivity contribution in [3.8, 4) is 0 Å². The minimum Gasteiger partial charge on any atom is -0.345 e. The Hall–Kier alpha value is -2.75. The number of hydrogen-bond donors (Lipinski definition) is 2. The van der Waals surface area contributed by atoms with Crippen molar-refractivity contribution in [3.05, 3.63) is 71.1 Å². The predicted octanol–water partition coefficient (Wildman–Crippen LogP) is 5.00. The molecule has 0 aliphatic heterocycles. The molecular weight excluding hydrogens is 438 g/mol. The van der Waals surface area contributed by atoms with Gasteiger partial charge in [-0.25, -0.2) is 13.4 Å². The summed E-state index contributed by atoms with van der Waals surface area (Å²) in [5.41, 5.74) is 1.80. The number of anilines is 2. The van der Waals surface area contributed by atoms with E-state index in [1.54, 1.807) is 24.3 Å². The largest absolute Gasteiger partial charge is 0.345 e. The number of aromatic nitrogens is 1. The standard InChI is InChI=1S/C21H19N3O3S3/c1-13(14-8-10-16(11-9-14)30(2,26)27)22-19(25)17-12-18-20(28-17)24-21(29-18)23-15-6-4-3-5-7-15/h3-13H,1-2H3,(H,22,25)(H,23,24)/t13-/m0/s1. The van der Waals surface area contributed by atoms with E-state index in [1.807, 2.05) is 43.3 Å². The van der Waals surface area contributed by atoms with Crippen LogP contribution in [0.3, 0.4) is 0 Å². The number of nitrogens with zero attached hydrogens (tertiary/aromatic N) is 1. The number of carbonyl (C=O) groups excluding carboxylic acids is 1. The Labute approximate surface area is 182 Å². The van der Waals surface area contributed by atoms with Crippen LogP contribution >= 0.6 is 22.7 Å². The van der Waals surface area contributed by atoms with Gasteiger partial charge in [0.05, 0.1) is 20.5 Å². The van der Waals surface area contributed by atoms with E-state index in [-0.39, 0.29) is 16.8 Å². The topological polar surface area (TPSA) is 88.2 Å². The number of hydrogen-bond acceptors (Lipinski definition) is 7. The number of nitrogens with one attached hydrogen (secondary N) is 2. The minimum absolute atomic E-state index is 0.178. The van der Waals surface area contributed by atoms with Crippen molar-refractivity contribution in [1.82, 2.24) is 10.3 Å². The van der Waals surface area contributed by atoms with Gasteiger partial charge in [-0.2, -0.15) is 0 Å². The molecule has 4 aromatic rings. The lowest BCUT2D eigenvalue weighted by atomic mass is 10.1. The number of para-hydroxylation sites is 1. The molecule has 0 spiro atoms.